The van der Waals surface area contributed by atoms with Crippen LogP contribution < -0.4 is 11.1 Å². The Hall–Kier alpha value is -1.29. The number of aromatic nitrogens is 1. The lowest BCUT2D eigenvalue weighted by atomic mass is 10.1. The lowest BCUT2D eigenvalue weighted by Crippen LogP contribution is -2.30. The molecular weight excluding hydrogens is 202 g/mol. The molecule has 0 saturated carbocycles. The van der Waals surface area contributed by atoms with E-state index in [1.54, 1.807) is 0 Å². The van der Waals surface area contributed by atoms with E-state index in [0.717, 1.165) is 13.0 Å². The summed E-state index contributed by atoms with van der Waals surface area (Å²) in [6, 6.07) is 3.74. The summed E-state index contributed by atoms with van der Waals surface area (Å²) < 4.78 is 1.99. The normalized spacial score (nSPS) is 10.8. The predicted octanol–water partition coefficient (Wildman–Crippen LogP) is 1.22. The van der Waals surface area contributed by atoms with Crippen LogP contribution in [0, 0.1) is 5.92 Å². The van der Waals surface area contributed by atoms with Gasteiger partial charge in [0.2, 0.25) is 0 Å². The van der Waals surface area contributed by atoms with Gasteiger partial charge in [-0.15, -0.1) is 0 Å². The summed E-state index contributed by atoms with van der Waals surface area (Å²) in [4.78, 5) is 11.7. The van der Waals surface area contributed by atoms with Gasteiger partial charge in [-0.3, -0.25) is 4.79 Å². The van der Waals surface area contributed by atoms with Gasteiger partial charge in [0.25, 0.3) is 5.91 Å². The first-order valence-corrected chi connectivity index (χ1v) is 5.78. The average molecular weight is 223 g/mol. The van der Waals surface area contributed by atoms with Gasteiger partial charge < -0.3 is 15.6 Å². The van der Waals surface area contributed by atoms with E-state index < -0.39 is 0 Å². The molecule has 0 fully saturated rings. The van der Waals surface area contributed by atoms with Crippen LogP contribution in [-0.2, 0) is 6.54 Å². The number of amides is 1. The number of carbonyl (C=O) groups excluding carboxylic acids is 1. The third kappa shape index (κ3) is 3.70. The second-order valence-corrected chi connectivity index (χ2v) is 4.31. The number of rotatable bonds is 6. The molecule has 1 rings (SSSR count). The number of nitrogens with two attached hydrogens (primary N) is 1. The molecule has 0 aliphatic carbocycles. The first kappa shape index (κ1) is 12.8. The second kappa shape index (κ2) is 6.33. The molecule has 1 heterocycles. The molecule has 16 heavy (non-hydrogen) atoms. The molecule has 4 heteroatoms. The van der Waals surface area contributed by atoms with Crippen LogP contribution in [-0.4, -0.2) is 23.6 Å². The van der Waals surface area contributed by atoms with Gasteiger partial charge in [0.1, 0.15) is 5.69 Å². The van der Waals surface area contributed by atoms with Gasteiger partial charge in [-0.1, -0.05) is 13.8 Å². The van der Waals surface area contributed by atoms with Gasteiger partial charge in [-0.2, -0.15) is 0 Å². The van der Waals surface area contributed by atoms with Crippen LogP contribution in [0.5, 0.6) is 0 Å². The molecule has 4 nitrogen and oxygen atoms in total. The van der Waals surface area contributed by atoms with Crippen molar-refractivity contribution in [2.24, 2.45) is 11.7 Å². The van der Waals surface area contributed by atoms with Crippen molar-refractivity contribution in [3.05, 3.63) is 24.0 Å². The topological polar surface area (TPSA) is 60.0 Å². The molecule has 3 N–H and O–H groups in total. The Morgan fingerprint density at radius 1 is 1.56 bits per heavy atom. The molecule has 0 bridgehead atoms. The zero-order valence-electron chi connectivity index (χ0n) is 10.1. The smallest absolute Gasteiger partial charge is 0.267 e. The largest absolute Gasteiger partial charge is 0.349 e. The maximum absolute atomic E-state index is 11.7. The average Bonchev–Trinajstić information content (AvgIpc) is 2.71. The molecule has 0 aromatic carbocycles. The highest BCUT2D eigenvalue weighted by atomic mass is 16.1. The summed E-state index contributed by atoms with van der Waals surface area (Å²) in [5.41, 5.74) is 6.06. The molecule has 0 aliphatic rings. The van der Waals surface area contributed by atoms with Crippen LogP contribution in [0.2, 0.25) is 0 Å². The first-order valence-electron chi connectivity index (χ1n) is 5.78. The monoisotopic (exact) mass is 223 g/mol. The van der Waals surface area contributed by atoms with Crippen LogP contribution in [0.3, 0.4) is 0 Å². The Bertz CT molecular complexity index is 331. The van der Waals surface area contributed by atoms with Crippen molar-refractivity contribution in [1.29, 1.82) is 0 Å². The summed E-state index contributed by atoms with van der Waals surface area (Å²) >= 11 is 0. The summed E-state index contributed by atoms with van der Waals surface area (Å²) in [6.45, 7) is 6.23. The summed E-state index contributed by atoms with van der Waals surface area (Å²) in [7, 11) is 0. The third-order valence-corrected chi connectivity index (χ3v) is 2.44. The van der Waals surface area contributed by atoms with Crippen molar-refractivity contribution in [3.63, 3.8) is 0 Å². The maximum Gasteiger partial charge on any atom is 0.267 e. The fourth-order valence-electron chi connectivity index (χ4n) is 1.49. The molecule has 0 radical (unpaired) electrons. The minimum absolute atomic E-state index is 0.0424. The van der Waals surface area contributed by atoms with E-state index in [1.807, 2.05) is 22.9 Å². The third-order valence-electron chi connectivity index (χ3n) is 2.44. The lowest BCUT2D eigenvalue weighted by Gasteiger charge is -2.10. The lowest BCUT2D eigenvalue weighted by molar-refractivity contribution is 0.0945. The molecule has 0 atom stereocenters. The van der Waals surface area contributed by atoms with Crippen LogP contribution in [0.25, 0.3) is 0 Å². The van der Waals surface area contributed by atoms with E-state index in [0.29, 0.717) is 24.7 Å². The van der Waals surface area contributed by atoms with Crippen molar-refractivity contribution in [2.45, 2.75) is 26.8 Å². The number of nitrogens with zero attached hydrogens (tertiary/aromatic N) is 1. The number of hydrogen-bond acceptors (Lipinski definition) is 2. The molecule has 1 aromatic rings. The molecule has 0 spiro atoms. The fourth-order valence-corrected chi connectivity index (χ4v) is 1.49. The standard InChI is InChI=1S/C12H21N3O/c1-10(2)5-9-15-8-3-4-11(15)12(16)14-7-6-13/h3-4,8,10H,5-7,9,13H2,1-2H3,(H,14,16). The van der Waals surface area contributed by atoms with Gasteiger partial charge in [0.15, 0.2) is 0 Å². The van der Waals surface area contributed by atoms with Crippen molar-refractivity contribution in [2.75, 3.05) is 13.1 Å². The fraction of sp³-hybridized carbons (Fsp3) is 0.583. The SMILES string of the molecule is CC(C)CCn1cccc1C(=O)NCCN. The number of nitrogens with one attached hydrogen (secondary N) is 1. The van der Waals surface area contributed by atoms with Gasteiger partial charge in [-0.25, -0.2) is 0 Å². The Morgan fingerprint density at radius 2 is 2.31 bits per heavy atom. The van der Waals surface area contributed by atoms with Crippen LogP contribution in [0.4, 0.5) is 0 Å². The minimum atomic E-state index is -0.0424. The molecule has 1 aromatic heterocycles. The Labute approximate surface area is 96.8 Å². The van der Waals surface area contributed by atoms with E-state index >= 15 is 0 Å². The predicted molar refractivity (Wildman–Crippen MR) is 65.3 cm³/mol. The van der Waals surface area contributed by atoms with Crippen molar-refractivity contribution < 1.29 is 4.79 Å². The Kier molecular flexibility index (Phi) is 5.05. The van der Waals surface area contributed by atoms with E-state index in [4.69, 9.17) is 5.73 Å². The van der Waals surface area contributed by atoms with E-state index in [2.05, 4.69) is 19.2 Å². The Morgan fingerprint density at radius 3 is 2.94 bits per heavy atom. The van der Waals surface area contributed by atoms with Gasteiger partial charge in [-0.05, 0) is 24.5 Å². The quantitative estimate of drug-likeness (QED) is 0.762. The van der Waals surface area contributed by atoms with Crippen molar-refractivity contribution >= 4 is 5.91 Å². The van der Waals surface area contributed by atoms with Gasteiger partial charge in [0.05, 0.1) is 0 Å². The minimum Gasteiger partial charge on any atom is -0.349 e. The summed E-state index contributed by atoms with van der Waals surface area (Å²) in [6.07, 6.45) is 3.02. The highest BCUT2D eigenvalue weighted by molar-refractivity contribution is 5.92. The van der Waals surface area contributed by atoms with Crippen molar-refractivity contribution in [1.82, 2.24) is 9.88 Å². The molecule has 90 valence electrons. The van der Waals surface area contributed by atoms with E-state index in [1.165, 1.54) is 0 Å². The number of carbonyl (C=O) groups is 1. The maximum atomic E-state index is 11.7. The Balaban J connectivity index is 2.59. The van der Waals surface area contributed by atoms with Gasteiger partial charge in [0, 0.05) is 25.8 Å². The van der Waals surface area contributed by atoms with Gasteiger partial charge >= 0.3 is 0 Å². The zero-order chi connectivity index (χ0) is 12.0. The molecule has 0 aliphatic heterocycles. The summed E-state index contributed by atoms with van der Waals surface area (Å²) in [5.74, 6) is 0.599. The highest BCUT2D eigenvalue weighted by Crippen LogP contribution is 2.07. The first-order chi connectivity index (χ1) is 7.65. The molecule has 0 saturated heterocycles. The zero-order valence-corrected chi connectivity index (χ0v) is 10.1. The van der Waals surface area contributed by atoms with Crippen molar-refractivity contribution in [3.8, 4) is 0 Å². The molecular formula is C12H21N3O. The number of aryl methyl sites for hydroxylation is 1. The molecule has 0 unspecified atom stereocenters. The highest BCUT2D eigenvalue weighted by Gasteiger charge is 2.09. The van der Waals surface area contributed by atoms with E-state index in [-0.39, 0.29) is 5.91 Å². The second-order valence-electron chi connectivity index (χ2n) is 4.31. The summed E-state index contributed by atoms with van der Waals surface area (Å²) in [5, 5.41) is 2.78. The molecule has 1 amide bonds. The van der Waals surface area contributed by atoms with Crippen LogP contribution >= 0.6 is 0 Å². The van der Waals surface area contributed by atoms with Crippen LogP contribution in [0.1, 0.15) is 30.8 Å². The number of hydrogen-bond donors (Lipinski definition) is 2. The van der Waals surface area contributed by atoms with E-state index in [9.17, 15) is 4.79 Å². The van der Waals surface area contributed by atoms with Crippen LogP contribution in [0.15, 0.2) is 18.3 Å².